The molecule has 0 spiro atoms. The molecule has 4 rings (SSSR count). The van der Waals surface area contributed by atoms with Crippen LogP contribution in [-0.4, -0.2) is 0 Å². The molecule has 35 heavy (non-hydrogen) atoms. The second kappa shape index (κ2) is 15.9. The third-order valence-corrected chi connectivity index (χ3v) is 7.40. The van der Waals surface area contributed by atoms with Crippen LogP contribution in [0.25, 0.3) is 16.7 Å². The molecule has 0 heterocycles. The van der Waals surface area contributed by atoms with Crippen molar-refractivity contribution in [2.75, 3.05) is 0 Å². The van der Waals surface area contributed by atoms with E-state index in [9.17, 15) is 0 Å². The van der Waals surface area contributed by atoms with Crippen molar-refractivity contribution in [2.45, 2.75) is 74.7 Å². The molecule has 0 aliphatic heterocycles. The van der Waals surface area contributed by atoms with Gasteiger partial charge in [-0.1, -0.05) is 59.8 Å². The minimum Gasteiger partial charge on any atom is -0.180 e. The van der Waals surface area contributed by atoms with E-state index in [-0.39, 0.29) is 73.2 Å². The summed E-state index contributed by atoms with van der Waals surface area (Å²) < 4.78 is 0. The van der Waals surface area contributed by atoms with Gasteiger partial charge in [-0.2, -0.15) is 58.7 Å². The van der Waals surface area contributed by atoms with Crippen molar-refractivity contribution < 1.29 is 73.2 Å². The summed E-state index contributed by atoms with van der Waals surface area (Å²) in [5.74, 6) is 0.839. The Morgan fingerprint density at radius 3 is 1.71 bits per heavy atom. The Morgan fingerprint density at radius 1 is 0.657 bits per heavy atom. The molecule has 0 aromatic heterocycles. The standard InChI is InChI=1S/C23H27.C9H11.U.2W/c1-15-9-11-20(12-10-15)21-13-14-23(19(5)18(21)4)22-8-6-7-16(2)17(22)3;1-7-5-4-6-8(2)9(7)3;;;/h6,8,11,13-15H,9-10,12H2,1-5H3;4-5H,1-3H3;;;/q2*-1;+2;;. The van der Waals surface area contributed by atoms with E-state index in [2.05, 4.69) is 97.9 Å². The van der Waals surface area contributed by atoms with Crippen molar-refractivity contribution in [3.8, 4) is 11.1 Å². The molecule has 1 aliphatic carbocycles. The van der Waals surface area contributed by atoms with Crippen LogP contribution in [0.5, 0.6) is 0 Å². The van der Waals surface area contributed by atoms with Crippen LogP contribution in [0.1, 0.15) is 70.7 Å². The summed E-state index contributed by atoms with van der Waals surface area (Å²) in [6.07, 6.45) is 6.23. The molecule has 3 aromatic rings. The summed E-state index contributed by atoms with van der Waals surface area (Å²) >= 11 is 0. The van der Waals surface area contributed by atoms with Gasteiger partial charge in [-0.25, -0.2) is 0 Å². The second-order valence-electron chi connectivity index (χ2n) is 9.57. The fourth-order valence-electron chi connectivity index (χ4n) is 4.47. The fraction of sp³-hybridized carbons (Fsp3) is 0.375. The van der Waals surface area contributed by atoms with Gasteiger partial charge in [0.05, 0.1) is 0 Å². The zero-order valence-corrected chi connectivity index (χ0v) is 32.6. The van der Waals surface area contributed by atoms with Crippen molar-refractivity contribution in [3.05, 3.63) is 99.1 Å². The van der Waals surface area contributed by atoms with Crippen molar-refractivity contribution in [1.29, 1.82) is 0 Å². The van der Waals surface area contributed by atoms with Crippen LogP contribution in [0.3, 0.4) is 0 Å². The van der Waals surface area contributed by atoms with E-state index in [4.69, 9.17) is 0 Å². The van der Waals surface area contributed by atoms with Gasteiger partial charge >= 0.3 is 31.1 Å². The third-order valence-electron chi connectivity index (χ3n) is 7.40. The van der Waals surface area contributed by atoms with Gasteiger partial charge < -0.3 is 0 Å². The Balaban J connectivity index is 0.000000826. The summed E-state index contributed by atoms with van der Waals surface area (Å²) in [5.41, 5.74) is 15.1. The van der Waals surface area contributed by atoms with Gasteiger partial charge in [0, 0.05) is 42.1 Å². The Morgan fingerprint density at radius 2 is 1.17 bits per heavy atom. The van der Waals surface area contributed by atoms with E-state index in [1.165, 1.54) is 74.9 Å². The molecule has 0 radical (unpaired) electrons. The third kappa shape index (κ3) is 8.68. The first-order valence-electron chi connectivity index (χ1n) is 11.9. The molecule has 0 saturated heterocycles. The van der Waals surface area contributed by atoms with E-state index in [1.807, 2.05) is 12.1 Å². The molecule has 3 heteroatoms. The van der Waals surface area contributed by atoms with Gasteiger partial charge in [-0.15, -0.1) is 11.1 Å². The van der Waals surface area contributed by atoms with Crippen LogP contribution < -0.4 is 0 Å². The largest absolute Gasteiger partial charge is 2.00 e. The normalized spacial score (nSPS) is 14.3. The molecular weight excluding hydrogens is 990 g/mol. The predicted octanol–water partition coefficient (Wildman–Crippen LogP) is 9.00. The molecule has 1 unspecified atom stereocenters. The Hall–Kier alpha value is -0.171. The first-order chi connectivity index (χ1) is 15.2. The molecule has 182 valence electrons. The zero-order chi connectivity index (χ0) is 23.4. The maximum Gasteiger partial charge on any atom is 2.00 e. The molecule has 0 saturated carbocycles. The Kier molecular flexibility index (Phi) is 15.9. The molecule has 1 aliphatic rings. The fourth-order valence-corrected chi connectivity index (χ4v) is 4.47. The topological polar surface area (TPSA) is 0 Å². The summed E-state index contributed by atoms with van der Waals surface area (Å²) in [6.45, 7) is 17.6. The van der Waals surface area contributed by atoms with Gasteiger partial charge in [0.2, 0.25) is 0 Å². The predicted molar refractivity (Wildman–Crippen MR) is 140 cm³/mol. The summed E-state index contributed by atoms with van der Waals surface area (Å²) in [7, 11) is 0. The molecule has 0 N–H and O–H groups in total. The van der Waals surface area contributed by atoms with E-state index in [1.54, 1.807) is 5.57 Å². The van der Waals surface area contributed by atoms with Gasteiger partial charge in [-0.3, -0.25) is 0 Å². The molecule has 3 aromatic carbocycles. The van der Waals surface area contributed by atoms with E-state index < -0.39 is 0 Å². The maximum atomic E-state index is 3.30. The SMILES string of the molecule is Cc1[c-]ccc(-c2ccc(C3=CCC(C)CC3)c(C)c2C)c1C.Cc1[c-]ccc(C)c1C.[U+2].[W].[W]. The van der Waals surface area contributed by atoms with Gasteiger partial charge in [0.25, 0.3) is 0 Å². The van der Waals surface area contributed by atoms with Crippen molar-refractivity contribution in [1.82, 2.24) is 0 Å². The Bertz CT molecular complexity index is 1120. The van der Waals surface area contributed by atoms with Gasteiger partial charge in [0.15, 0.2) is 0 Å². The van der Waals surface area contributed by atoms with Gasteiger partial charge in [0.1, 0.15) is 0 Å². The first kappa shape index (κ1) is 34.8. The number of rotatable bonds is 2. The minimum atomic E-state index is 0. The van der Waals surface area contributed by atoms with Crippen LogP contribution in [-0.2, 0) is 42.1 Å². The van der Waals surface area contributed by atoms with Crippen LogP contribution >= 0.6 is 0 Å². The maximum absolute atomic E-state index is 3.30. The van der Waals surface area contributed by atoms with Gasteiger partial charge in [-0.05, 0) is 66.9 Å². The Labute approximate surface area is 267 Å². The summed E-state index contributed by atoms with van der Waals surface area (Å²) in [4.78, 5) is 0. The monoisotopic (exact) mass is 1030 g/mol. The number of hydrogen-bond donors (Lipinski definition) is 0. The zero-order valence-electron chi connectivity index (χ0n) is 22.6. The van der Waals surface area contributed by atoms with Crippen LogP contribution in [0, 0.1) is 97.6 Å². The van der Waals surface area contributed by atoms with Crippen molar-refractivity contribution in [2.24, 2.45) is 5.92 Å². The van der Waals surface area contributed by atoms with E-state index in [0.29, 0.717) is 0 Å². The van der Waals surface area contributed by atoms with Crippen molar-refractivity contribution in [3.63, 3.8) is 0 Å². The molecule has 0 fully saturated rings. The summed E-state index contributed by atoms with van der Waals surface area (Å²) in [5, 5.41) is 0. The number of aryl methyl sites for hydroxylation is 3. The molecule has 0 amide bonds. The molecule has 0 bridgehead atoms. The van der Waals surface area contributed by atoms with E-state index >= 15 is 0 Å². The average molecular weight is 1030 g/mol. The molecule has 1 atom stereocenters. The number of allylic oxidation sites excluding steroid dienone is 2. The number of benzene rings is 3. The molecule has 0 nitrogen and oxygen atoms in total. The van der Waals surface area contributed by atoms with Crippen LogP contribution in [0.4, 0.5) is 0 Å². The molecular formula is C32H38UW2. The van der Waals surface area contributed by atoms with E-state index in [0.717, 1.165) is 5.92 Å². The van der Waals surface area contributed by atoms with Crippen molar-refractivity contribution >= 4 is 5.57 Å². The van der Waals surface area contributed by atoms with Crippen LogP contribution in [0.2, 0.25) is 0 Å². The number of hydrogen-bond acceptors (Lipinski definition) is 0. The minimum absolute atomic E-state index is 0. The smallest absolute Gasteiger partial charge is 0.180 e. The second-order valence-corrected chi connectivity index (χ2v) is 9.57. The summed E-state index contributed by atoms with van der Waals surface area (Å²) in [6, 6.07) is 19.4. The first-order valence-corrected chi connectivity index (χ1v) is 11.9. The van der Waals surface area contributed by atoms with Crippen LogP contribution in [0.15, 0.2) is 42.5 Å². The quantitative estimate of drug-likeness (QED) is 0.225. The average Bonchev–Trinajstić information content (AvgIpc) is 2.77.